The Morgan fingerprint density at radius 2 is 0.952 bits per heavy atom. The van der Waals surface area contributed by atoms with Crippen LogP contribution >= 0.6 is 0 Å². The maximum atomic E-state index is 5.04. The van der Waals surface area contributed by atoms with Gasteiger partial charge in [-0.25, -0.2) is 15.0 Å². The van der Waals surface area contributed by atoms with Crippen LogP contribution in [0.1, 0.15) is 0 Å². The number of pyridine rings is 2. The molecule has 4 heteroatoms. The summed E-state index contributed by atoms with van der Waals surface area (Å²) in [6.45, 7) is 0. The van der Waals surface area contributed by atoms with Crippen molar-refractivity contribution in [3.8, 4) is 33.8 Å². The Balaban J connectivity index is 1.18. The molecule has 6 aromatic carbocycles. The molecule has 0 spiro atoms. The van der Waals surface area contributed by atoms with Crippen molar-refractivity contribution < 1.29 is 0 Å². The highest BCUT2D eigenvalue weighted by molar-refractivity contribution is 6.27. The second kappa shape index (κ2) is 8.88. The van der Waals surface area contributed by atoms with Crippen LogP contribution in [0.15, 0.2) is 134 Å². The van der Waals surface area contributed by atoms with Gasteiger partial charge in [-0.1, -0.05) is 91.0 Å². The summed E-state index contributed by atoms with van der Waals surface area (Å²) >= 11 is 0. The van der Waals surface area contributed by atoms with E-state index in [1.807, 2.05) is 18.3 Å². The van der Waals surface area contributed by atoms with Crippen LogP contribution < -0.4 is 0 Å². The standard InChI is InChI=1S/C38H22N4/c1-3-27-8-9-28-14-19-33(42-37(28)36(27)39-20-1)24-6-4-23(5-7-24)29-15-10-25-12-17-31-32(38-40-21-2-22-41-38)18-13-26-11-16-30(29)34(25)35(26)31/h1-22H. The van der Waals surface area contributed by atoms with Gasteiger partial charge in [-0.2, -0.15) is 0 Å². The summed E-state index contributed by atoms with van der Waals surface area (Å²) in [5.41, 5.74) is 7.34. The summed E-state index contributed by atoms with van der Waals surface area (Å²) in [7, 11) is 0. The van der Waals surface area contributed by atoms with Crippen molar-refractivity contribution in [2.24, 2.45) is 0 Å². The molecule has 0 atom stereocenters. The summed E-state index contributed by atoms with van der Waals surface area (Å²) in [5.74, 6) is 0.748. The third-order valence-electron chi connectivity index (χ3n) is 8.40. The molecular weight excluding hydrogens is 512 g/mol. The van der Waals surface area contributed by atoms with Gasteiger partial charge in [0.2, 0.25) is 0 Å². The second-order valence-corrected chi connectivity index (χ2v) is 10.7. The number of hydrogen-bond donors (Lipinski definition) is 0. The van der Waals surface area contributed by atoms with E-state index in [0.29, 0.717) is 0 Å². The zero-order valence-corrected chi connectivity index (χ0v) is 22.5. The smallest absolute Gasteiger partial charge is 0.159 e. The van der Waals surface area contributed by atoms with Gasteiger partial charge in [0.05, 0.1) is 16.7 Å². The van der Waals surface area contributed by atoms with Crippen LogP contribution in [0.5, 0.6) is 0 Å². The van der Waals surface area contributed by atoms with E-state index in [4.69, 9.17) is 4.98 Å². The lowest BCUT2D eigenvalue weighted by molar-refractivity contribution is 1.18. The molecule has 42 heavy (non-hydrogen) atoms. The maximum absolute atomic E-state index is 5.04. The number of hydrogen-bond acceptors (Lipinski definition) is 4. The average molecular weight is 535 g/mol. The van der Waals surface area contributed by atoms with E-state index in [-0.39, 0.29) is 0 Å². The quantitative estimate of drug-likeness (QED) is 0.212. The Hall–Kier alpha value is -5.74. The number of benzene rings is 6. The number of nitrogens with zero attached hydrogens (tertiary/aromatic N) is 4. The SMILES string of the molecule is c1cnc(-c2ccc3ccc4c(-c5ccc(-c6ccc7ccc8cccnc8c7n6)cc5)ccc5ccc2c3c54)nc1. The number of aromatic nitrogens is 4. The first-order chi connectivity index (χ1) is 20.8. The molecule has 0 unspecified atom stereocenters. The lowest BCUT2D eigenvalue weighted by Gasteiger charge is -2.16. The zero-order valence-electron chi connectivity index (χ0n) is 22.5. The van der Waals surface area contributed by atoms with Crippen LogP contribution in [0.25, 0.3) is 87.9 Å². The lowest BCUT2D eigenvalue weighted by atomic mass is 9.88. The third kappa shape index (κ3) is 3.42. The third-order valence-corrected chi connectivity index (χ3v) is 8.40. The Labute approximate surface area is 241 Å². The normalized spacial score (nSPS) is 11.8. The second-order valence-electron chi connectivity index (χ2n) is 10.7. The van der Waals surface area contributed by atoms with Crippen molar-refractivity contribution in [2.75, 3.05) is 0 Å². The minimum absolute atomic E-state index is 0.748. The fourth-order valence-electron chi connectivity index (χ4n) is 6.39. The van der Waals surface area contributed by atoms with Gasteiger partial charge in [0.1, 0.15) is 0 Å². The first-order valence-corrected chi connectivity index (χ1v) is 14.1. The number of rotatable bonds is 3. The van der Waals surface area contributed by atoms with Crippen LogP contribution in [0.4, 0.5) is 0 Å². The van der Waals surface area contributed by atoms with Gasteiger partial charge >= 0.3 is 0 Å². The molecule has 3 aromatic heterocycles. The highest BCUT2D eigenvalue weighted by Crippen LogP contribution is 2.42. The molecule has 0 radical (unpaired) electrons. The predicted octanol–water partition coefficient (Wildman–Crippen LogP) is 9.47. The van der Waals surface area contributed by atoms with Crippen LogP contribution in [0.2, 0.25) is 0 Å². The lowest BCUT2D eigenvalue weighted by Crippen LogP contribution is -1.92. The fraction of sp³-hybridized carbons (Fsp3) is 0. The molecule has 0 bridgehead atoms. The summed E-state index contributed by atoms with van der Waals surface area (Å²) in [4.78, 5) is 18.7. The molecule has 0 fully saturated rings. The van der Waals surface area contributed by atoms with Crippen molar-refractivity contribution >= 4 is 54.1 Å². The van der Waals surface area contributed by atoms with Crippen LogP contribution in [0, 0.1) is 0 Å². The summed E-state index contributed by atoms with van der Waals surface area (Å²) in [6, 6.07) is 40.8. The molecule has 0 aliphatic carbocycles. The molecule has 0 amide bonds. The minimum atomic E-state index is 0.748. The van der Waals surface area contributed by atoms with Gasteiger partial charge < -0.3 is 0 Å². The van der Waals surface area contributed by atoms with Crippen molar-refractivity contribution in [3.05, 3.63) is 134 Å². The van der Waals surface area contributed by atoms with E-state index >= 15 is 0 Å². The van der Waals surface area contributed by atoms with Gasteiger partial charge in [0.15, 0.2) is 5.82 Å². The van der Waals surface area contributed by atoms with Crippen LogP contribution in [0.3, 0.4) is 0 Å². The summed E-state index contributed by atoms with van der Waals surface area (Å²) in [5, 5.41) is 9.60. The van der Waals surface area contributed by atoms with Crippen molar-refractivity contribution in [2.45, 2.75) is 0 Å². The predicted molar refractivity (Wildman–Crippen MR) is 173 cm³/mol. The monoisotopic (exact) mass is 534 g/mol. The average Bonchev–Trinajstić information content (AvgIpc) is 3.07. The van der Waals surface area contributed by atoms with E-state index in [1.54, 1.807) is 12.4 Å². The summed E-state index contributed by atoms with van der Waals surface area (Å²) < 4.78 is 0. The molecule has 4 nitrogen and oxygen atoms in total. The van der Waals surface area contributed by atoms with Crippen LogP contribution in [-0.2, 0) is 0 Å². The minimum Gasteiger partial charge on any atom is -0.254 e. The molecule has 0 aliphatic rings. The van der Waals surface area contributed by atoms with E-state index in [0.717, 1.165) is 44.5 Å². The zero-order chi connectivity index (χ0) is 27.6. The molecule has 9 rings (SSSR count). The van der Waals surface area contributed by atoms with Crippen molar-refractivity contribution in [1.82, 2.24) is 19.9 Å². The molecule has 0 saturated carbocycles. The first-order valence-electron chi connectivity index (χ1n) is 14.1. The molecule has 0 aliphatic heterocycles. The van der Waals surface area contributed by atoms with Gasteiger partial charge in [-0.15, -0.1) is 0 Å². The Morgan fingerprint density at radius 1 is 0.381 bits per heavy atom. The van der Waals surface area contributed by atoms with Crippen LogP contribution in [-0.4, -0.2) is 19.9 Å². The first kappa shape index (κ1) is 23.0. The molecule has 9 aromatic rings. The van der Waals surface area contributed by atoms with Gasteiger partial charge in [-0.05, 0) is 67.7 Å². The number of fused-ring (bicyclic) bond motifs is 3. The van der Waals surface area contributed by atoms with Gasteiger partial charge in [0, 0.05) is 40.5 Å². The molecule has 0 N–H and O–H groups in total. The van der Waals surface area contributed by atoms with Crippen molar-refractivity contribution in [3.63, 3.8) is 0 Å². The van der Waals surface area contributed by atoms with E-state index < -0.39 is 0 Å². The molecule has 0 saturated heterocycles. The van der Waals surface area contributed by atoms with Gasteiger partial charge in [-0.3, -0.25) is 4.98 Å². The van der Waals surface area contributed by atoms with Gasteiger partial charge in [0.25, 0.3) is 0 Å². The van der Waals surface area contributed by atoms with E-state index in [2.05, 4.69) is 118 Å². The summed E-state index contributed by atoms with van der Waals surface area (Å²) in [6.07, 6.45) is 5.43. The molecule has 194 valence electrons. The highest BCUT2D eigenvalue weighted by Gasteiger charge is 2.16. The molecule has 3 heterocycles. The van der Waals surface area contributed by atoms with E-state index in [9.17, 15) is 0 Å². The molecular formula is C38H22N4. The maximum Gasteiger partial charge on any atom is 0.159 e. The Bertz CT molecular complexity index is 2450. The topological polar surface area (TPSA) is 51.6 Å². The highest BCUT2D eigenvalue weighted by atomic mass is 14.9. The van der Waals surface area contributed by atoms with E-state index in [1.165, 1.54) is 43.4 Å². The fourth-order valence-corrected chi connectivity index (χ4v) is 6.39. The Kier molecular flexibility index (Phi) is 4.87. The largest absolute Gasteiger partial charge is 0.254 e. The van der Waals surface area contributed by atoms with Crippen molar-refractivity contribution in [1.29, 1.82) is 0 Å². The Morgan fingerprint density at radius 3 is 1.71 bits per heavy atom.